The van der Waals surface area contributed by atoms with Gasteiger partial charge in [0.05, 0.1) is 17.7 Å². The lowest BCUT2D eigenvalue weighted by Crippen LogP contribution is -2.48. The Bertz CT molecular complexity index is 1110. The summed E-state index contributed by atoms with van der Waals surface area (Å²) in [5.74, 6) is -2.00. The van der Waals surface area contributed by atoms with E-state index in [1.807, 2.05) is 18.2 Å². The molecule has 4 N–H and O–H groups in total. The minimum Gasteiger partial charge on any atom is -0.390 e. The van der Waals surface area contributed by atoms with E-state index in [1.54, 1.807) is 0 Å². The highest BCUT2D eigenvalue weighted by Gasteiger charge is 2.23. The average Bonchev–Trinajstić information content (AvgIpc) is 2.78. The number of amides is 1. The maximum absolute atomic E-state index is 13.7. The Kier molecular flexibility index (Phi) is 8.46. The van der Waals surface area contributed by atoms with Gasteiger partial charge in [0, 0.05) is 31.4 Å². The van der Waals surface area contributed by atoms with Gasteiger partial charge in [0.25, 0.3) is 5.91 Å². The van der Waals surface area contributed by atoms with Crippen molar-refractivity contribution >= 4 is 5.91 Å². The van der Waals surface area contributed by atoms with E-state index in [2.05, 4.69) is 28.6 Å². The summed E-state index contributed by atoms with van der Waals surface area (Å²) in [5.41, 5.74) is 2.40. The van der Waals surface area contributed by atoms with Gasteiger partial charge in [-0.1, -0.05) is 31.2 Å². The number of aromatic nitrogens is 1. The van der Waals surface area contributed by atoms with Crippen LogP contribution >= 0.6 is 0 Å². The van der Waals surface area contributed by atoms with Gasteiger partial charge in [0.2, 0.25) is 5.56 Å². The minimum atomic E-state index is -1.04. The van der Waals surface area contributed by atoms with Gasteiger partial charge in [-0.05, 0) is 47.7 Å². The first-order valence-electron chi connectivity index (χ1n) is 10.7. The van der Waals surface area contributed by atoms with Crippen LogP contribution in [-0.2, 0) is 19.4 Å². The molecule has 1 heterocycles. The number of hydrogen-bond acceptors (Lipinski definition) is 4. The molecular weight excluding hydrogens is 428 g/mol. The van der Waals surface area contributed by atoms with Crippen LogP contribution in [0.25, 0.3) is 0 Å². The maximum atomic E-state index is 13.7. The molecule has 0 saturated carbocycles. The lowest BCUT2D eigenvalue weighted by Gasteiger charge is -2.25. The van der Waals surface area contributed by atoms with Crippen LogP contribution in [0.1, 0.15) is 34.0 Å². The lowest BCUT2D eigenvalue weighted by molar-refractivity contribution is 0.0829. The summed E-state index contributed by atoms with van der Waals surface area (Å²) >= 11 is 0. The van der Waals surface area contributed by atoms with Gasteiger partial charge in [-0.3, -0.25) is 9.59 Å². The number of aryl methyl sites for hydroxylation is 1. The predicted octanol–water partition coefficient (Wildman–Crippen LogP) is 2.71. The fraction of sp³-hybridized carbons (Fsp3) is 0.280. The molecule has 2 unspecified atom stereocenters. The van der Waals surface area contributed by atoms with E-state index in [9.17, 15) is 23.5 Å². The zero-order valence-corrected chi connectivity index (χ0v) is 18.3. The molecule has 1 amide bonds. The summed E-state index contributed by atoms with van der Waals surface area (Å²) in [6.07, 6.45) is 1.15. The van der Waals surface area contributed by atoms with E-state index in [1.165, 1.54) is 36.0 Å². The number of carbonyl (C=O) groups is 1. The SMILES string of the molecule is CCc1cccc(CNCC(O)C(Cc2cc(F)cc(F)c2)NC(=O)c2ccc(=O)[nH]c2)c1. The molecule has 2 aromatic carbocycles. The number of hydrogen-bond donors (Lipinski definition) is 4. The van der Waals surface area contributed by atoms with Crippen molar-refractivity contribution in [3.63, 3.8) is 0 Å². The molecular formula is C25H27F2N3O3. The molecule has 3 rings (SSSR count). The minimum absolute atomic E-state index is 0.0118. The fourth-order valence-corrected chi connectivity index (χ4v) is 3.54. The number of carbonyl (C=O) groups excluding carboxylic acids is 1. The molecule has 33 heavy (non-hydrogen) atoms. The van der Waals surface area contributed by atoms with E-state index in [-0.39, 0.29) is 24.1 Å². The summed E-state index contributed by atoms with van der Waals surface area (Å²) in [6, 6.07) is 12.9. The van der Waals surface area contributed by atoms with Crippen molar-refractivity contribution in [1.82, 2.24) is 15.6 Å². The largest absolute Gasteiger partial charge is 0.390 e. The standard InChI is InChI=1S/C25H27F2N3O3/c1-2-16-4-3-5-17(8-16)13-28-15-23(31)22(11-18-9-20(26)12-21(27)10-18)30-25(33)19-6-7-24(32)29-14-19/h3-10,12,14,22-23,28,31H,2,11,13,15H2,1H3,(H,29,32)(H,30,33). The molecule has 0 saturated heterocycles. The number of halogens is 2. The Morgan fingerprint density at radius 3 is 2.42 bits per heavy atom. The van der Waals surface area contributed by atoms with Gasteiger partial charge in [-0.2, -0.15) is 0 Å². The second-order valence-corrected chi connectivity index (χ2v) is 7.88. The third-order valence-electron chi connectivity index (χ3n) is 5.29. The first-order chi connectivity index (χ1) is 15.8. The Morgan fingerprint density at radius 1 is 1.03 bits per heavy atom. The van der Waals surface area contributed by atoms with Gasteiger partial charge in [0.15, 0.2) is 0 Å². The highest BCUT2D eigenvalue weighted by Crippen LogP contribution is 2.13. The Balaban J connectivity index is 1.70. The van der Waals surface area contributed by atoms with E-state index in [0.29, 0.717) is 12.1 Å². The van der Waals surface area contributed by atoms with Crippen molar-refractivity contribution in [2.24, 2.45) is 0 Å². The van der Waals surface area contributed by atoms with Crippen LogP contribution in [0.3, 0.4) is 0 Å². The van der Waals surface area contributed by atoms with Crippen molar-refractivity contribution in [1.29, 1.82) is 0 Å². The monoisotopic (exact) mass is 455 g/mol. The van der Waals surface area contributed by atoms with Gasteiger partial charge in [-0.25, -0.2) is 8.78 Å². The van der Waals surface area contributed by atoms with Crippen molar-refractivity contribution in [3.8, 4) is 0 Å². The summed E-state index contributed by atoms with van der Waals surface area (Å²) in [4.78, 5) is 26.3. The molecule has 0 fully saturated rings. The molecule has 8 heteroatoms. The molecule has 174 valence electrons. The summed E-state index contributed by atoms with van der Waals surface area (Å²) in [5, 5.41) is 16.7. The summed E-state index contributed by atoms with van der Waals surface area (Å²) in [6.45, 7) is 2.73. The molecule has 3 aromatic rings. The molecule has 0 aliphatic heterocycles. The second-order valence-electron chi connectivity index (χ2n) is 7.88. The van der Waals surface area contributed by atoms with Crippen LogP contribution in [0.2, 0.25) is 0 Å². The number of benzene rings is 2. The molecule has 1 aromatic heterocycles. The van der Waals surface area contributed by atoms with Crippen LogP contribution < -0.4 is 16.2 Å². The molecule has 6 nitrogen and oxygen atoms in total. The Morgan fingerprint density at radius 2 is 1.76 bits per heavy atom. The molecule has 0 bridgehead atoms. The smallest absolute Gasteiger partial charge is 0.253 e. The normalized spacial score (nSPS) is 12.8. The van der Waals surface area contributed by atoms with Crippen LogP contribution in [0.15, 0.2) is 65.6 Å². The van der Waals surface area contributed by atoms with E-state index in [0.717, 1.165) is 18.1 Å². The van der Waals surface area contributed by atoms with Crippen molar-refractivity contribution in [2.75, 3.05) is 6.54 Å². The van der Waals surface area contributed by atoms with Crippen LogP contribution in [0.5, 0.6) is 0 Å². The molecule has 2 atom stereocenters. The summed E-state index contributed by atoms with van der Waals surface area (Å²) in [7, 11) is 0. The molecule has 0 aliphatic carbocycles. The van der Waals surface area contributed by atoms with Crippen LogP contribution in [0.4, 0.5) is 8.78 Å². The van der Waals surface area contributed by atoms with Crippen molar-refractivity contribution in [3.05, 3.63) is 105 Å². The molecule has 0 radical (unpaired) electrons. The molecule has 0 aliphatic rings. The van der Waals surface area contributed by atoms with E-state index in [4.69, 9.17) is 0 Å². The van der Waals surface area contributed by atoms with Crippen molar-refractivity contribution < 1.29 is 18.7 Å². The zero-order chi connectivity index (χ0) is 23.8. The van der Waals surface area contributed by atoms with Crippen molar-refractivity contribution in [2.45, 2.75) is 38.5 Å². The van der Waals surface area contributed by atoms with Gasteiger partial charge >= 0.3 is 0 Å². The van der Waals surface area contributed by atoms with Crippen LogP contribution in [-0.4, -0.2) is 34.7 Å². The van der Waals surface area contributed by atoms with E-state index < -0.39 is 29.7 Å². The first kappa shape index (κ1) is 24.3. The third-order valence-corrected chi connectivity index (χ3v) is 5.29. The van der Waals surface area contributed by atoms with Gasteiger partial charge in [0.1, 0.15) is 11.6 Å². The Hall–Kier alpha value is -3.36. The van der Waals surface area contributed by atoms with Gasteiger partial charge in [-0.15, -0.1) is 0 Å². The maximum Gasteiger partial charge on any atom is 0.253 e. The molecule has 0 spiro atoms. The average molecular weight is 456 g/mol. The predicted molar refractivity (Wildman–Crippen MR) is 122 cm³/mol. The summed E-state index contributed by atoms with van der Waals surface area (Å²) < 4.78 is 27.3. The zero-order valence-electron chi connectivity index (χ0n) is 18.3. The topological polar surface area (TPSA) is 94.2 Å². The second kappa shape index (κ2) is 11.5. The number of pyridine rings is 1. The lowest BCUT2D eigenvalue weighted by atomic mass is 10.00. The highest BCUT2D eigenvalue weighted by atomic mass is 19.1. The van der Waals surface area contributed by atoms with E-state index >= 15 is 0 Å². The van der Waals surface area contributed by atoms with Gasteiger partial charge < -0.3 is 20.7 Å². The fourth-order valence-electron chi connectivity index (χ4n) is 3.54. The third kappa shape index (κ3) is 7.34. The highest BCUT2D eigenvalue weighted by molar-refractivity contribution is 5.94. The number of nitrogens with one attached hydrogen (secondary N) is 3. The quantitative estimate of drug-likeness (QED) is 0.378. The number of aliphatic hydroxyl groups is 1. The number of aromatic amines is 1. The Labute approximate surface area is 190 Å². The number of aliphatic hydroxyl groups excluding tert-OH is 1. The number of H-pyrrole nitrogens is 1. The van der Waals surface area contributed by atoms with Crippen LogP contribution in [0, 0.1) is 11.6 Å². The first-order valence-corrected chi connectivity index (χ1v) is 10.7. The number of rotatable bonds is 10.